The molecule has 2 rings (SSSR count). The smallest absolute Gasteiger partial charge is 0.319 e. The molecule has 54 heavy (non-hydrogen) atoms. The molecule has 0 fully saturated rings. The van der Waals surface area contributed by atoms with Crippen molar-refractivity contribution < 1.29 is 77.3 Å². The number of carbonyl (C=O) groups is 6. The van der Waals surface area contributed by atoms with E-state index in [4.69, 9.17) is 48.5 Å². The minimum Gasteiger partial charge on any atom is -0.510 e. The number of ether oxygens (including phenoxy) is 5. The molecule has 0 heterocycles. The zero-order valence-electron chi connectivity index (χ0n) is 30.9. The van der Waals surface area contributed by atoms with Gasteiger partial charge in [-0.1, -0.05) is 69.3 Å². The van der Waals surface area contributed by atoms with Crippen LogP contribution in [0, 0.1) is 0 Å². The predicted octanol–water partition coefficient (Wildman–Crippen LogP) is 1.13. The van der Waals surface area contributed by atoms with Gasteiger partial charge in [-0.2, -0.15) is 0 Å². The zero-order chi connectivity index (χ0) is 40.1. The molecule has 0 aliphatic heterocycles. The summed E-state index contributed by atoms with van der Waals surface area (Å²) in [5, 5.41) is 37.7. The Kier molecular flexibility index (Phi) is 19.8. The lowest BCUT2D eigenvalue weighted by atomic mass is 10.2. The van der Waals surface area contributed by atoms with Crippen LogP contribution in [0.25, 0.3) is 0 Å². The second-order valence-electron chi connectivity index (χ2n) is 13.4. The maximum absolute atomic E-state index is 13.5. The van der Waals surface area contributed by atoms with E-state index in [1.54, 1.807) is 0 Å². The number of esters is 5. The van der Waals surface area contributed by atoms with Crippen molar-refractivity contribution in [2.75, 3.05) is 39.6 Å². The number of rotatable bonds is 23. The molecule has 0 saturated carbocycles. The van der Waals surface area contributed by atoms with Crippen LogP contribution in [-0.2, 0) is 56.9 Å². The summed E-state index contributed by atoms with van der Waals surface area (Å²) in [6.45, 7) is 2.36. The summed E-state index contributed by atoms with van der Waals surface area (Å²) in [4.78, 5) is 75.0. The van der Waals surface area contributed by atoms with Gasteiger partial charge in [0.2, 0.25) is 0 Å². The van der Waals surface area contributed by atoms with Gasteiger partial charge in [0.1, 0.15) is 25.4 Å². The minimum atomic E-state index is -3.17. The van der Waals surface area contributed by atoms with Crippen molar-refractivity contribution in [2.24, 2.45) is 0 Å². The number of hydrogen-bond donors (Lipinski definition) is 4. The Morgan fingerprint density at radius 1 is 0.630 bits per heavy atom. The summed E-state index contributed by atoms with van der Waals surface area (Å²) in [6.07, 6.45) is 1.24. The molecule has 0 spiro atoms. The van der Waals surface area contributed by atoms with Crippen LogP contribution in [0.5, 0.6) is 0 Å². The third kappa shape index (κ3) is 15.1. The monoisotopic (exact) mass is 780 g/mol. The molecule has 1 aliphatic rings. The van der Waals surface area contributed by atoms with Gasteiger partial charge in [-0.25, -0.2) is 0 Å². The molecular weight excluding hydrogens is 728 g/mol. The molecule has 0 radical (unpaired) electrons. The molecule has 4 N–H and O–H groups in total. The van der Waals surface area contributed by atoms with Crippen molar-refractivity contribution in [3.05, 3.63) is 53.8 Å². The molecule has 0 aromatic heterocycles. The van der Waals surface area contributed by atoms with Crippen molar-refractivity contribution in [2.45, 2.75) is 95.5 Å². The number of aliphatic hydroxyl groups is 4. The lowest BCUT2D eigenvalue weighted by molar-refractivity contribution is -0.168. The maximum atomic E-state index is 13.5. The molecular formula is C37H52O16Si. The highest BCUT2D eigenvalue weighted by atomic mass is 28.4. The molecule has 1 aromatic rings. The molecule has 1 unspecified atom stereocenters. The van der Waals surface area contributed by atoms with Crippen molar-refractivity contribution in [3.8, 4) is 0 Å². The number of benzene rings is 1. The summed E-state index contributed by atoms with van der Waals surface area (Å²) < 4.78 is 31.7. The largest absolute Gasteiger partial charge is 0.510 e. The van der Waals surface area contributed by atoms with Crippen LogP contribution >= 0.6 is 0 Å². The van der Waals surface area contributed by atoms with Crippen LogP contribution in [0.4, 0.5) is 0 Å². The summed E-state index contributed by atoms with van der Waals surface area (Å²) >= 11 is 0. The van der Waals surface area contributed by atoms with Crippen molar-refractivity contribution in [1.82, 2.24) is 0 Å². The number of hydrogen-bond acceptors (Lipinski definition) is 16. The second-order valence-corrected chi connectivity index (χ2v) is 17.6. The SMILES string of the molecule is CC(C)(C)[Si](OC(=O)CCC(=O)OC(COC(=O)CCC(=O)OC(CO)CO)COC(=O)CCC(=O)OC(CO)CO)(C1=CC=CCC1)c1ccccc1. The van der Waals surface area contributed by atoms with Gasteiger partial charge in [-0.05, 0) is 28.3 Å². The van der Waals surface area contributed by atoms with Crippen LogP contribution in [-0.4, -0.2) is 123 Å². The quantitative estimate of drug-likeness (QED) is 0.0692. The fraction of sp³-hybridized carbons (Fsp3) is 0.568. The Bertz CT molecular complexity index is 1400. The van der Waals surface area contributed by atoms with E-state index in [9.17, 15) is 28.8 Å². The van der Waals surface area contributed by atoms with Gasteiger partial charge >= 0.3 is 38.2 Å². The van der Waals surface area contributed by atoms with Gasteiger partial charge < -0.3 is 48.5 Å². The highest BCUT2D eigenvalue weighted by Gasteiger charge is 2.54. The van der Waals surface area contributed by atoms with E-state index >= 15 is 0 Å². The van der Waals surface area contributed by atoms with Crippen molar-refractivity contribution in [3.63, 3.8) is 0 Å². The van der Waals surface area contributed by atoms with E-state index < -0.39 is 139 Å². The number of carbonyl (C=O) groups excluding carboxylic acids is 6. The van der Waals surface area contributed by atoms with E-state index in [0.717, 1.165) is 16.8 Å². The van der Waals surface area contributed by atoms with Crippen molar-refractivity contribution >= 4 is 49.3 Å². The second kappa shape index (κ2) is 23.4. The van der Waals surface area contributed by atoms with Gasteiger partial charge in [0.05, 0.1) is 65.0 Å². The average molecular weight is 781 g/mol. The van der Waals surface area contributed by atoms with Crippen LogP contribution in [0.15, 0.2) is 53.8 Å². The van der Waals surface area contributed by atoms with Gasteiger partial charge in [-0.15, -0.1) is 0 Å². The van der Waals surface area contributed by atoms with Crippen LogP contribution < -0.4 is 5.19 Å². The molecule has 16 nitrogen and oxygen atoms in total. The topological polar surface area (TPSA) is 239 Å². The van der Waals surface area contributed by atoms with Crippen LogP contribution in [0.1, 0.15) is 72.1 Å². The Hall–Kier alpha value is -4.42. The highest BCUT2D eigenvalue weighted by molar-refractivity contribution is 6.95. The summed E-state index contributed by atoms with van der Waals surface area (Å²) in [5.74, 6) is -5.09. The molecule has 1 aromatic carbocycles. The van der Waals surface area contributed by atoms with E-state index in [2.05, 4.69) is 0 Å². The lowest BCUT2D eigenvalue weighted by Gasteiger charge is -2.44. The predicted molar refractivity (Wildman–Crippen MR) is 192 cm³/mol. The third-order valence-corrected chi connectivity index (χ3v) is 13.3. The minimum absolute atomic E-state index is 0.346. The Morgan fingerprint density at radius 2 is 1.06 bits per heavy atom. The van der Waals surface area contributed by atoms with Gasteiger partial charge in [0.15, 0.2) is 6.10 Å². The number of aliphatic hydroxyl groups excluding tert-OH is 4. The molecule has 0 bridgehead atoms. The lowest BCUT2D eigenvalue weighted by Crippen LogP contribution is -2.60. The van der Waals surface area contributed by atoms with Gasteiger partial charge in [0, 0.05) is 0 Å². The highest BCUT2D eigenvalue weighted by Crippen LogP contribution is 2.44. The summed E-state index contributed by atoms with van der Waals surface area (Å²) in [7, 11) is -3.17. The van der Waals surface area contributed by atoms with Crippen LogP contribution in [0.3, 0.4) is 0 Å². The van der Waals surface area contributed by atoms with Crippen molar-refractivity contribution in [1.29, 1.82) is 0 Å². The van der Waals surface area contributed by atoms with Crippen LogP contribution in [0.2, 0.25) is 5.04 Å². The Balaban J connectivity index is 2.09. The first kappa shape index (κ1) is 45.7. The zero-order valence-corrected chi connectivity index (χ0v) is 31.9. The Labute approximate surface area is 315 Å². The van der Waals surface area contributed by atoms with E-state index in [1.807, 2.05) is 69.3 Å². The Morgan fingerprint density at radius 3 is 1.46 bits per heavy atom. The average Bonchev–Trinajstić information content (AvgIpc) is 3.16. The third-order valence-electron chi connectivity index (χ3n) is 8.14. The maximum Gasteiger partial charge on any atom is 0.319 e. The van der Waals surface area contributed by atoms with Gasteiger partial charge in [-0.3, -0.25) is 28.8 Å². The fourth-order valence-electron chi connectivity index (χ4n) is 5.41. The fourth-order valence-corrected chi connectivity index (χ4v) is 10.1. The van der Waals surface area contributed by atoms with E-state index in [-0.39, 0.29) is 6.42 Å². The molecule has 1 atom stereocenters. The molecule has 0 amide bonds. The first-order valence-corrected chi connectivity index (χ1v) is 19.6. The van der Waals surface area contributed by atoms with Gasteiger partial charge in [0.25, 0.3) is 5.97 Å². The van der Waals surface area contributed by atoms with E-state index in [0.29, 0.717) is 6.42 Å². The molecule has 17 heteroatoms. The standard InChI is InChI=1S/C37H52O16Si/c1-37(2,3)54(29-10-6-4-7-11-29,30-12-8-5-9-13-30)53-36(47)19-18-35(46)52-28(24-48-31(42)14-16-33(44)50-26(20-38)21-39)25-49-32(43)15-17-34(45)51-27(22-40)23-41/h4-8,10-12,26-28,38-41H,9,13-25H2,1-3H3. The summed E-state index contributed by atoms with van der Waals surface area (Å²) in [5.41, 5.74) is 0. The normalized spacial score (nSPS) is 13.9. The first-order chi connectivity index (χ1) is 25.7. The number of allylic oxidation sites excluding steroid dienone is 4. The molecule has 0 saturated heterocycles. The summed E-state index contributed by atoms with van der Waals surface area (Å²) in [6, 6.07) is 9.54. The molecule has 300 valence electrons. The first-order valence-electron chi connectivity index (χ1n) is 17.7. The van der Waals surface area contributed by atoms with E-state index in [1.165, 1.54) is 0 Å². The molecule has 1 aliphatic carbocycles.